The van der Waals surface area contributed by atoms with Crippen molar-refractivity contribution in [3.8, 4) is 0 Å². The summed E-state index contributed by atoms with van der Waals surface area (Å²) in [5.41, 5.74) is 5.65. The van der Waals surface area contributed by atoms with Crippen LogP contribution in [0.15, 0.2) is 0 Å². The highest BCUT2D eigenvalue weighted by atomic mass is 15.2. The molecule has 0 unspecified atom stereocenters. The molecule has 1 atom stereocenters. The molecule has 2 nitrogen and oxygen atoms in total. The highest BCUT2D eigenvalue weighted by molar-refractivity contribution is 4.90. The summed E-state index contributed by atoms with van der Waals surface area (Å²) >= 11 is 0. The molecule has 1 saturated heterocycles. The van der Waals surface area contributed by atoms with E-state index >= 15 is 0 Å². The van der Waals surface area contributed by atoms with Gasteiger partial charge in [0.25, 0.3) is 0 Å². The summed E-state index contributed by atoms with van der Waals surface area (Å²) in [6, 6.07) is 1.63. The van der Waals surface area contributed by atoms with Gasteiger partial charge >= 0.3 is 0 Å². The topological polar surface area (TPSA) is 29.3 Å². The van der Waals surface area contributed by atoms with Crippen molar-refractivity contribution in [2.24, 2.45) is 5.73 Å². The molecule has 0 bridgehead atoms. The molecule has 2 aliphatic rings. The molecule has 2 fully saturated rings. The number of likely N-dealkylation sites (tertiary alicyclic amines) is 1. The molecule has 1 heterocycles. The Bertz CT molecular complexity index is 128. The maximum atomic E-state index is 5.65. The first-order chi connectivity index (χ1) is 5.42. The Labute approximate surface area is 68.7 Å². The Morgan fingerprint density at radius 1 is 1.18 bits per heavy atom. The van der Waals surface area contributed by atoms with Crippen molar-refractivity contribution < 1.29 is 0 Å². The van der Waals surface area contributed by atoms with Gasteiger partial charge in [0, 0.05) is 25.2 Å². The zero-order valence-corrected chi connectivity index (χ0v) is 7.13. The molecule has 1 saturated carbocycles. The predicted molar refractivity (Wildman–Crippen MR) is 46.4 cm³/mol. The van der Waals surface area contributed by atoms with Gasteiger partial charge in [0.2, 0.25) is 0 Å². The second kappa shape index (κ2) is 3.11. The van der Waals surface area contributed by atoms with Crippen LogP contribution in [0, 0.1) is 0 Å². The second-order valence-corrected chi connectivity index (χ2v) is 3.85. The van der Waals surface area contributed by atoms with Gasteiger partial charge in [-0.2, -0.15) is 0 Å². The van der Waals surface area contributed by atoms with Crippen molar-refractivity contribution in [2.45, 2.75) is 44.2 Å². The third-order valence-electron chi connectivity index (χ3n) is 3.26. The summed E-state index contributed by atoms with van der Waals surface area (Å²) < 4.78 is 0. The molecule has 64 valence electrons. The van der Waals surface area contributed by atoms with E-state index in [0.717, 1.165) is 18.6 Å². The molecule has 11 heavy (non-hydrogen) atoms. The van der Waals surface area contributed by atoms with E-state index in [1.165, 1.54) is 38.6 Å². The lowest BCUT2D eigenvalue weighted by Crippen LogP contribution is -2.55. The zero-order chi connectivity index (χ0) is 7.68. The summed E-state index contributed by atoms with van der Waals surface area (Å²) in [6.07, 6.45) is 7.08. The van der Waals surface area contributed by atoms with Crippen LogP contribution < -0.4 is 5.73 Å². The normalized spacial score (nSPS) is 34.1. The molecular formula is C9H18N2. The molecule has 1 aliphatic carbocycles. The molecule has 2 N–H and O–H groups in total. The molecule has 2 heteroatoms. The van der Waals surface area contributed by atoms with E-state index in [2.05, 4.69) is 4.90 Å². The van der Waals surface area contributed by atoms with Crippen LogP contribution in [0.25, 0.3) is 0 Å². The van der Waals surface area contributed by atoms with Gasteiger partial charge in [-0.1, -0.05) is 12.8 Å². The van der Waals surface area contributed by atoms with E-state index in [1.807, 2.05) is 0 Å². The van der Waals surface area contributed by atoms with Crippen molar-refractivity contribution in [3.05, 3.63) is 0 Å². The third kappa shape index (κ3) is 1.30. The average molecular weight is 154 g/mol. The first kappa shape index (κ1) is 7.56. The van der Waals surface area contributed by atoms with Crippen LogP contribution >= 0.6 is 0 Å². The van der Waals surface area contributed by atoms with Crippen LogP contribution in [0.1, 0.15) is 32.1 Å². The molecule has 1 aliphatic heterocycles. The minimum absolute atomic E-state index is 0.734. The third-order valence-corrected chi connectivity index (χ3v) is 3.26. The summed E-state index contributed by atoms with van der Waals surface area (Å²) in [5.74, 6) is 0. The van der Waals surface area contributed by atoms with E-state index < -0.39 is 0 Å². The summed E-state index contributed by atoms with van der Waals surface area (Å²) in [5, 5.41) is 0. The Morgan fingerprint density at radius 3 is 2.36 bits per heavy atom. The predicted octanol–water partition coefficient (Wildman–Crippen LogP) is 0.962. The molecule has 0 aromatic carbocycles. The van der Waals surface area contributed by atoms with Crippen LogP contribution in [0.5, 0.6) is 0 Å². The smallest absolute Gasteiger partial charge is 0.0233 e. The van der Waals surface area contributed by atoms with Gasteiger partial charge in [0.15, 0.2) is 0 Å². The zero-order valence-electron chi connectivity index (χ0n) is 7.13. The fraction of sp³-hybridized carbons (Fsp3) is 1.00. The first-order valence-electron chi connectivity index (χ1n) is 4.87. The highest BCUT2D eigenvalue weighted by Gasteiger charge is 2.33. The monoisotopic (exact) mass is 154 g/mol. The minimum Gasteiger partial charge on any atom is -0.329 e. The lowest BCUT2D eigenvalue weighted by atomic mass is 9.99. The van der Waals surface area contributed by atoms with Gasteiger partial charge < -0.3 is 5.73 Å². The van der Waals surface area contributed by atoms with Crippen molar-refractivity contribution in [1.29, 1.82) is 0 Å². The summed E-state index contributed by atoms with van der Waals surface area (Å²) in [6.45, 7) is 2.18. The van der Waals surface area contributed by atoms with Crippen LogP contribution in [-0.4, -0.2) is 30.1 Å². The van der Waals surface area contributed by atoms with Crippen LogP contribution in [0.4, 0.5) is 0 Å². The van der Waals surface area contributed by atoms with Crippen molar-refractivity contribution in [3.63, 3.8) is 0 Å². The Hall–Kier alpha value is -0.0800. The summed E-state index contributed by atoms with van der Waals surface area (Å²) in [7, 11) is 0. The maximum Gasteiger partial charge on any atom is 0.0233 e. The van der Waals surface area contributed by atoms with E-state index in [9.17, 15) is 0 Å². The van der Waals surface area contributed by atoms with E-state index in [1.54, 1.807) is 0 Å². The molecule has 2 rings (SSSR count). The van der Waals surface area contributed by atoms with Gasteiger partial charge in [0.05, 0.1) is 0 Å². The molecule has 0 amide bonds. The van der Waals surface area contributed by atoms with Crippen LogP contribution in [-0.2, 0) is 0 Å². The van der Waals surface area contributed by atoms with Crippen molar-refractivity contribution in [2.75, 3.05) is 13.1 Å². The Morgan fingerprint density at radius 2 is 1.91 bits per heavy atom. The average Bonchev–Trinajstić information content (AvgIpc) is 2.39. The standard InChI is InChI=1S/C9H18N2/c10-7-9-5-6-11(9)8-3-1-2-4-8/h8-9H,1-7,10H2/t9-/m1/s1. The number of nitrogens with two attached hydrogens (primary N) is 1. The number of hydrogen-bond donors (Lipinski definition) is 1. The SMILES string of the molecule is NC[C@H]1CCN1C1CCCC1. The van der Waals surface area contributed by atoms with E-state index in [4.69, 9.17) is 5.73 Å². The lowest BCUT2D eigenvalue weighted by molar-refractivity contribution is 0.0492. The fourth-order valence-electron chi connectivity index (χ4n) is 2.43. The highest BCUT2D eigenvalue weighted by Crippen LogP contribution is 2.30. The first-order valence-corrected chi connectivity index (χ1v) is 4.87. The summed E-state index contributed by atoms with van der Waals surface area (Å²) in [4.78, 5) is 2.62. The largest absolute Gasteiger partial charge is 0.329 e. The van der Waals surface area contributed by atoms with Crippen LogP contribution in [0.3, 0.4) is 0 Å². The molecule has 0 spiro atoms. The van der Waals surface area contributed by atoms with Gasteiger partial charge in [-0.05, 0) is 19.3 Å². The molecule has 0 aromatic rings. The van der Waals surface area contributed by atoms with Crippen molar-refractivity contribution in [1.82, 2.24) is 4.90 Å². The molecule has 0 radical (unpaired) electrons. The Balaban J connectivity index is 1.84. The van der Waals surface area contributed by atoms with Crippen molar-refractivity contribution >= 4 is 0 Å². The second-order valence-electron chi connectivity index (χ2n) is 3.85. The molecular weight excluding hydrogens is 136 g/mol. The quantitative estimate of drug-likeness (QED) is 0.642. The van der Waals surface area contributed by atoms with Gasteiger partial charge in [0.1, 0.15) is 0 Å². The lowest BCUT2D eigenvalue weighted by Gasteiger charge is -2.44. The van der Waals surface area contributed by atoms with E-state index in [-0.39, 0.29) is 0 Å². The maximum absolute atomic E-state index is 5.65. The number of rotatable bonds is 2. The van der Waals surface area contributed by atoms with Gasteiger partial charge in [-0.15, -0.1) is 0 Å². The Kier molecular flexibility index (Phi) is 2.14. The molecule has 0 aromatic heterocycles. The number of nitrogens with zero attached hydrogens (tertiary/aromatic N) is 1. The minimum atomic E-state index is 0.734. The number of hydrogen-bond acceptors (Lipinski definition) is 2. The van der Waals surface area contributed by atoms with Gasteiger partial charge in [-0.3, -0.25) is 4.90 Å². The van der Waals surface area contributed by atoms with Gasteiger partial charge in [-0.25, -0.2) is 0 Å². The van der Waals surface area contributed by atoms with E-state index in [0.29, 0.717) is 0 Å². The fourth-order valence-corrected chi connectivity index (χ4v) is 2.43. The van der Waals surface area contributed by atoms with Crippen LogP contribution in [0.2, 0.25) is 0 Å².